The third-order valence-electron chi connectivity index (χ3n) is 6.11. The van der Waals surface area contributed by atoms with Crippen molar-refractivity contribution >= 4 is 57.0 Å². The quantitative estimate of drug-likeness (QED) is 0.211. The fourth-order valence-electron chi connectivity index (χ4n) is 4.41. The summed E-state index contributed by atoms with van der Waals surface area (Å²) in [5.41, 5.74) is 2.32. The van der Waals surface area contributed by atoms with Crippen LogP contribution in [-0.4, -0.2) is 0 Å². The molecule has 0 spiro atoms. The molecule has 0 aliphatic carbocycles. The summed E-state index contributed by atoms with van der Waals surface area (Å²) in [5.74, 6) is 0. The summed E-state index contributed by atoms with van der Waals surface area (Å²) in [4.78, 5) is 0. The van der Waals surface area contributed by atoms with Gasteiger partial charge in [-0.05, 0) is 68.7 Å². The highest BCUT2D eigenvalue weighted by Gasteiger charge is 2.23. The van der Waals surface area contributed by atoms with E-state index in [2.05, 4.69) is 51.7 Å². The summed E-state index contributed by atoms with van der Waals surface area (Å²) in [5, 5.41) is 16.5. The smallest absolute Gasteiger partial charge is 0.304 e. The number of nitrogens with one attached hydrogen (secondary N) is 3. The Bertz CT molecular complexity index is 1530. The zero-order chi connectivity index (χ0) is 23.7. The minimum Gasteiger partial charge on any atom is -0.304 e. The molecule has 0 heterocycles. The Morgan fingerprint density at radius 2 is 0.657 bits per heavy atom. The first-order chi connectivity index (χ1) is 17.1. The van der Waals surface area contributed by atoms with Crippen molar-refractivity contribution in [1.82, 2.24) is 0 Å². The molecule has 6 aromatic rings. The maximum atomic E-state index is 14.4. The topological polar surface area (TPSA) is 53.2 Å². The molecular weight excluding hydrogens is 449 g/mol. The summed E-state index contributed by atoms with van der Waals surface area (Å²) < 4.78 is 14.4. The SMILES string of the molecule is O=P(Nc1ccc2ccccc2c1)(Nc1ccc2ccccc2c1)Nc1ccc2ccccc2c1. The lowest BCUT2D eigenvalue weighted by Gasteiger charge is -2.25. The molecule has 0 amide bonds. The summed E-state index contributed by atoms with van der Waals surface area (Å²) in [6.45, 7) is 0. The van der Waals surface area contributed by atoms with Crippen LogP contribution in [0.25, 0.3) is 32.3 Å². The molecule has 4 nitrogen and oxygen atoms in total. The van der Waals surface area contributed by atoms with Gasteiger partial charge in [0.2, 0.25) is 0 Å². The van der Waals surface area contributed by atoms with Crippen molar-refractivity contribution < 1.29 is 4.57 Å². The molecule has 5 heteroatoms. The van der Waals surface area contributed by atoms with E-state index in [0.717, 1.165) is 49.4 Å². The summed E-state index contributed by atoms with van der Waals surface area (Å²) in [6, 6.07) is 42.5. The molecule has 0 radical (unpaired) electrons. The van der Waals surface area contributed by atoms with Crippen LogP contribution >= 0.6 is 7.59 Å². The average molecular weight is 474 g/mol. The van der Waals surface area contributed by atoms with Crippen LogP contribution in [0.2, 0.25) is 0 Å². The van der Waals surface area contributed by atoms with Gasteiger partial charge in [-0.3, -0.25) is 4.57 Å². The van der Waals surface area contributed by atoms with Crippen molar-refractivity contribution in [1.29, 1.82) is 0 Å². The predicted molar refractivity (Wildman–Crippen MR) is 150 cm³/mol. The predicted octanol–water partition coefficient (Wildman–Crippen LogP) is 8.89. The molecule has 0 aromatic heterocycles. The number of benzene rings is 6. The van der Waals surface area contributed by atoms with Crippen molar-refractivity contribution in [2.45, 2.75) is 0 Å². The Labute approximate surface area is 204 Å². The third kappa shape index (κ3) is 4.57. The molecule has 6 aromatic carbocycles. The lowest BCUT2D eigenvalue weighted by Crippen LogP contribution is -2.14. The standard InChI is InChI=1S/C30H24N3OP/c34-35(31-28-16-13-22-7-1-4-10-25(22)19-28,32-29-17-14-23-8-2-5-11-26(23)20-29)33-30-18-15-24-9-3-6-12-27(24)21-30/h1-21H,(H3,31,32,33,34). The lowest BCUT2D eigenvalue weighted by atomic mass is 10.1. The number of hydrogen-bond acceptors (Lipinski definition) is 1. The van der Waals surface area contributed by atoms with Gasteiger partial charge in [-0.15, -0.1) is 0 Å². The molecule has 0 unspecified atom stereocenters. The van der Waals surface area contributed by atoms with E-state index in [4.69, 9.17) is 0 Å². The van der Waals surface area contributed by atoms with Crippen molar-refractivity contribution in [2.24, 2.45) is 0 Å². The lowest BCUT2D eigenvalue weighted by molar-refractivity contribution is 0.585. The van der Waals surface area contributed by atoms with Gasteiger partial charge in [0.15, 0.2) is 0 Å². The largest absolute Gasteiger partial charge is 0.352 e. The van der Waals surface area contributed by atoms with E-state index in [1.807, 2.05) is 91.0 Å². The van der Waals surface area contributed by atoms with Gasteiger partial charge < -0.3 is 15.3 Å². The van der Waals surface area contributed by atoms with E-state index in [1.165, 1.54) is 0 Å². The Hall–Kier alpha value is -4.27. The first-order valence-corrected chi connectivity index (χ1v) is 13.3. The molecule has 0 aliphatic rings. The van der Waals surface area contributed by atoms with Crippen molar-refractivity contribution in [2.75, 3.05) is 15.3 Å². The van der Waals surface area contributed by atoms with Gasteiger partial charge in [0.05, 0.1) is 0 Å². The number of anilines is 3. The zero-order valence-electron chi connectivity index (χ0n) is 19.0. The number of rotatable bonds is 6. The number of hydrogen-bond donors (Lipinski definition) is 3. The van der Waals surface area contributed by atoms with E-state index < -0.39 is 7.59 Å². The van der Waals surface area contributed by atoms with Crippen LogP contribution in [0.5, 0.6) is 0 Å². The molecular formula is C30H24N3OP. The van der Waals surface area contributed by atoms with Gasteiger partial charge in [-0.2, -0.15) is 0 Å². The molecule has 6 rings (SSSR count). The van der Waals surface area contributed by atoms with Crippen molar-refractivity contribution in [3.63, 3.8) is 0 Å². The monoisotopic (exact) mass is 473 g/mol. The highest BCUT2D eigenvalue weighted by molar-refractivity contribution is 7.68. The second-order valence-electron chi connectivity index (χ2n) is 8.63. The van der Waals surface area contributed by atoms with Gasteiger partial charge in [0.25, 0.3) is 0 Å². The van der Waals surface area contributed by atoms with E-state index in [0.29, 0.717) is 0 Å². The molecule has 0 saturated heterocycles. The highest BCUT2D eigenvalue weighted by Crippen LogP contribution is 2.46. The first-order valence-electron chi connectivity index (χ1n) is 11.5. The molecule has 0 atom stereocenters. The summed E-state index contributed by atoms with van der Waals surface area (Å²) >= 11 is 0. The molecule has 0 bridgehead atoms. The van der Waals surface area contributed by atoms with E-state index >= 15 is 0 Å². The minimum absolute atomic E-state index is 0.772. The fourth-order valence-corrected chi connectivity index (χ4v) is 6.08. The summed E-state index contributed by atoms with van der Waals surface area (Å²) in [6.07, 6.45) is 0. The molecule has 0 fully saturated rings. The van der Waals surface area contributed by atoms with Crippen LogP contribution in [0.3, 0.4) is 0 Å². The third-order valence-corrected chi connectivity index (χ3v) is 7.83. The van der Waals surface area contributed by atoms with E-state index in [1.54, 1.807) is 0 Å². The van der Waals surface area contributed by atoms with Gasteiger partial charge in [-0.25, -0.2) is 0 Å². The maximum absolute atomic E-state index is 14.4. The van der Waals surface area contributed by atoms with Crippen LogP contribution in [-0.2, 0) is 4.57 Å². The second kappa shape index (κ2) is 8.83. The van der Waals surface area contributed by atoms with Crippen molar-refractivity contribution in [3.05, 3.63) is 127 Å². The van der Waals surface area contributed by atoms with Gasteiger partial charge in [0.1, 0.15) is 0 Å². The number of fused-ring (bicyclic) bond motifs is 3. The highest BCUT2D eigenvalue weighted by atomic mass is 31.2. The Balaban J connectivity index is 1.38. The first kappa shape index (κ1) is 21.3. The van der Waals surface area contributed by atoms with Gasteiger partial charge >= 0.3 is 7.59 Å². The van der Waals surface area contributed by atoms with Crippen LogP contribution in [0.1, 0.15) is 0 Å². The molecule has 170 valence electrons. The van der Waals surface area contributed by atoms with Gasteiger partial charge in [-0.1, -0.05) is 91.0 Å². The van der Waals surface area contributed by atoms with Gasteiger partial charge in [0, 0.05) is 17.1 Å². The molecule has 0 saturated carbocycles. The Kier molecular flexibility index (Phi) is 5.36. The molecule has 35 heavy (non-hydrogen) atoms. The van der Waals surface area contributed by atoms with E-state index in [9.17, 15) is 4.57 Å². The van der Waals surface area contributed by atoms with Crippen molar-refractivity contribution in [3.8, 4) is 0 Å². The fraction of sp³-hybridized carbons (Fsp3) is 0. The molecule has 3 N–H and O–H groups in total. The Morgan fingerprint density at radius 3 is 0.971 bits per heavy atom. The van der Waals surface area contributed by atoms with Crippen LogP contribution in [0.4, 0.5) is 17.1 Å². The maximum Gasteiger partial charge on any atom is 0.352 e. The Morgan fingerprint density at radius 1 is 0.371 bits per heavy atom. The average Bonchev–Trinajstić information content (AvgIpc) is 2.88. The van der Waals surface area contributed by atoms with Crippen LogP contribution < -0.4 is 15.3 Å². The minimum atomic E-state index is -3.37. The van der Waals surface area contributed by atoms with E-state index in [-0.39, 0.29) is 0 Å². The normalized spacial score (nSPS) is 11.5. The summed E-state index contributed by atoms with van der Waals surface area (Å²) in [7, 11) is -3.37. The molecule has 0 aliphatic heterocycles. The second-order valence-corrected chi connectivity index (χ2v) is 10.5. The zero-order valence-corrected chi connectivity index (χ0v) is 19.9. The van der Waals surface area contributed by atoms with Crippen LogP contribution in [0, 0.1) is 0 Å². The van der Waals surface area contributed by atoms with Crippen LogP contribution in [0.15, 0.2) is 127 Å².